The maximum absolute atomic E-state index is 13.1. The lowest BCUT2D eigenvalue weighted by Gasteiger charge is -2.16. The Morgan fingerprint density at radius 3 is 2.13 bits per heavy atom. The molecule has 0 saturated carbocycles. The van der Waals surface area contributed by atoms with E-state index in [1.165, 1.54) is 42.7 Å². The van der Waals surface area contributed by atoms with Crippen molar-refractivity contribution in [1.82, 2.24) is 9.97 Å². The molecule has 0 fully saturated rings. The highest BCUT2D eigenvalue weighted by molar-refractivity contribution is 7.90. The Hall–Kier alpha value is -3.31. The first-order valence-electron chi connectivity index (χ1n) is 12.2. The number of carbonyl (C=O) groups excluding carboxylic acids is 1. The SMILES string of the molecule is CCOP(=O)(Cc1cnc(NC(=O)c2cc(Oc3ccc(S(C)(=O)=O)cc3)cc(OC(C)C)c2)cn1)OCC. The zero-order valence-electron chi connectivity index (χ0n) is 22.4. The molecule has 0 bridgehead atoms. The number of ether oxygens (including phenoxy) is 2. The molecule has 1 heterocycles. The molecular formula is C26H32N3O8PS. The first-order valence-corrected chi connectivity index (χ1v) is 15.8. The Balaban J connectivity index is 1.78. The number of rotatable bonds is 13. The van der Waals surface area contributed by atoms with Crippen molar-refractivity contribution in [2.45, 2.75) is 44.9 Å². The highest BCUT2D eigenvalue weighted by Crippen LogP contribution is 2.50. The second-order valence-electron chi connectivity index (χ2n) is 8.66. The number of amides is 1. The third-order valence-corrected chi connectivity index (χ3v) is 8.10. The third-order valence-electron chi connectivity index (χ3n) is 4.96. The largest absolute Gasteiger partial charge is 0.491 e. The number of anilines is 1. The van der Waals surface area contributed by atoms with E-state index in [-0.39, 0.29) is 41.8 Å². The van der Waals surface area contributed by atoms with Crippen molar-refractivity contribution in [3.8, 4) is 17.2 Å². The molecule has 1 amide bonds. The number of sulfone groups is 1. The fourth-order valence-corrected chi connectivity index (χ4v) is 5.64. The maximum Gasteiger partial charge on any atom is 0.336 e. The summed E-state index contributed by atoms with van der Waals surface area (Å²) in [6.07, 6.45) is 3.67. The van der Waals surface area contributed by atoms with E-state index in [2.05, 4.69) is 15.3 Å². The lowest BCUT2D eigenvalue weighted by Crippen LogP contribution is -2.14. The Bertz CT molecular complexity index is 1420. The lowest BCUT2D eigenvalue weighted by atomic mass is 10.2. The van der Waals surface area contributed by atoms with Crippen LogP contribution in [0.3, 0.4) is 0 Å². The predicted molar refractivity (Wildman–Crippen MR) is 146 cm³/mol. The molecule has 39 heavy (non-hydrogen) atoms. The minimum Gasteiger partial charge on any atom is -0.491 e. The van der Waals surface area contributed by atoms with Gasteiger partial charge in [-0.25, -0.2) is 13.4 Å². The van der Waals surface area contributed by atoms with Crippen molar-refractivity contribution in [3.05, 3.63) is 66.1 Å². The summed E-state index contributed by atoms with van der Waals surface area (Å²) >= 11 is 0. The van der Waals surface area contributed by atoms with Gasteiger partial charge in [0.25, 0.3) is 5.91 Å². The van der Waals surface area contributed by atoms with Crippen LogP contribution in [0.1, 0.15) is 43.7 Å². The monoisotopic (exact) mass is 577 g/mol. The molecule has 0 radical (unpaired) electrons. The van der Waals surface area contributed by atoms with Crippen LogP contribution in [0.4, 0.5) is 5.82 Å². The average Bonchev–Trinajstić information content (AvgIpc) is 2.84. The van der Waals surface area contributed by atoms with Crippen molar-refractivity contribution in [2.24, 2.45) is 0 Å². The van der Waals surface area contributed by atoms with Gasteiger partial charge in [0.2, 0.25) is 0 Å². The molecule has 0 saturated heterocycles. The van der Waals surface area contributed by atoms with Crippen LogP contribution in [0.5, 0.6) is 17.2 Å². The molecule has 0 aliphatic carbocycles. The minimum absolute atomic E-state index is 0.0453. The van der Waals surface area contributed by atoms with E-state index in [4.69, 9.17) is 18.5 Å². The molecule has 210 valence electrons. The summed E-state index contributed by atoms with van der Waals surface area (Å²) in [5.41, 5.74) is 0.627. The number of hydrogen-bond donors (Lipinski definition) is 1. The number of hydrogen-bond acceptors (Lipinski definition) is 10. The molecule has 1 N–H and O–H groups in total. The molecule has 11 nitrogen and oxygen atoms in total. The highest BCUT2D eigenvalue weighted by Gasteiger charge is 2.25. The van der Waals surface area contributed by atoms with Crippen LogP contribution in [-0.4, -0.2) is 49.9 Å². The smallest absolute Gasteiger partial charge is 0.336 e. The van der Waals surface area contributed by atoms with Gasteiger partial charge in [-0.05, 0) is 64.1 Å². The van der Waals surface area contributed by atoms with Crippen molar-refractivity contribution in [1.29, 1.82) is 0 Å². The second kappa shape index (κ2) is 13.2. The van der Waals surface area contributed by atoms with Gasteiger partial charge < -0.3 is 23.8 Å². The van der Waals surface area contributed by atoms with Gasteiger partial charge in [0.1, 0.15) is 17.2 Å². The van der Waals surface area contributed by atoms with Gasteiger partial charge in [0.15, 0.2) is 15.7 Å². The number of nitrogens with zero attached hydrogens (tertiary/aromatic N) is 2. The fourth-order valence-electron chi connectivity index (χ4n) is 3.40. The van der Waals surface area contributed by atoms with Crippen molar-refractivity contribution >= 4 is 29.2 Å². The number of aromatic nitrogens is 2. The van der Waals surface area contributed by atoms with E-state index in [0.717, 1.165) is 6.26 Å². The summed E-state index contributed by atoms with van der Waals surface area (Å²) in [7, 11) is -6.69. The summed E-state index contributed by atoms with van der Waals surface area (Å²) in [5.74, 6) is 0.797. The standard InChI is InChI=1S/C26H32N3O8PS/c1-6-34-38(31,35-7-2)17-20-15-28-25(16-27-20)29-26(30)19-12-22(36-18(3)4)14-23(13-19)37-21-8-10-24(11-9-21)39(5,32)33/h8-16,18H,6-7,17H2,1-5H3,(H,28,29,30). The molecule has 0 aliphatic rings. The van der Waals surface area contributed by atoms with Crippen LogP contribution >= 0.6 is 7.60 Å². The molecule has 3 aromatic rings. The molecule has 0 atom stereocenters. The van der Waals surface area contributed by atoms with E-state index in [1.54, 1.807) is 26.0 Å². The van der Waals surface area contributed by atoms with Gasteiger partial charge in [0.05, 0.1) is 48.5 Å². The van der Waals surface area contributed by atoms with Crippen molar-refractivity contribution in [2.75, 3.05) is 24.8 Å². The molecule has 0 aliphatic heterocycles. The zero-order chi connectivity index (χ0) is 28.6. The van der Waals surface area contributed by atoms with Gasteiger partial charge >= 0.3 is 7.60 Å². The van der Waals surface area contributed by atoms with Gasteiger partial charge in [0, 0.05) is 17.9 Å². The molecule has 0 spiro atoms. The lowest BCUT2D eigenvalue weighted by molar-refractivity contribution is 0.102. The van der Waals surface area contributed by atoms with E-state index in [0.29, 0.717) is 22.9 Å². The second-order valence-corrected chi connectivity index (χ2v) is 12.7. The van der Waals surface area contributed by atoms with Crippen LogP contribution in [0.25, 0.3) is 0 Å². The quantitative estimate of drug-likeness (QED) is 0.259. The Labute approximate surface area is 228 Å². The Morgan fingerprint density at radius 1 is 0.949 bits per heavy atom. The van der Waals surface area contributed by atoms with Gasteiger partial charge in [-0.2, -0.15) is 0 Å². The van der Waals surface area contributed by atoms with Crippen LogP contribution in [0.15, 0.2) is 59.8 Å². The molecule has 1 aromatic heterocycles. The molecule has 13 heteroatoms. The number of benzene rings is 2. The summed E-state index contributed by atoms with van der Waals surface area (Å²) < 4.78 is 58.4. The first-order chi connectivity index (χ1) is 18.4. The molecule has 2 aromatic carbocycles. The van der Waals surface area contributed by atoms with Crippen LogP contribution < -0.4 is 14.8 Å². The normalized spacial score (nSPS) is 11.8. The van der Waals surface area contributed by atoms with Crippen molar-refractivity contribution in [3.63, 3.8) is 0 Å². The third kappa shape index (κ3) is 9.14. The first kappa shape index (κ1) is 30.2. The van der Waals surface area contributed by atoms with Crippen LogP contribution in [0, 0.1) is 0 Å². The fraction of sp³-hybridized carbons (Fsp3) is 0.346. The summed E-state index contributed by atoms with van der Waals surface area (Å²) in [5, 5.41) is 2.67. The van der Waals surface area contributed by atoms with E-state index in [9.17, 15) is 17.8 Å². The van der Waals surface area contributed by atoms with Crippen LogP contribution in [0.2, 0.25) is 0 Å². The summed E-state index contributed by atoms with van der Waals surface area (Å²) in [6.45, 7) is 7.62. The average molecular weight is 578 g/mol. The summed E-state index contributed by atoms with van der Waals surface area (Å²) in [4.78, 5) is 21.6. The number of nitrogens with one attached hydrogen (secondary N) is 1. The highest BCUT2D eigenvalue weighted by atomic mass is 32.2. The van der Waals surface area contributed by atoms with Gasteiger partial charge in [-0.1, -0.05) is 0 Å². The topological polar surface area (TPSA) is 143 Å². The molecular weight excluding hydrogens is 545 g/mol. The predicted octanol–water partition coefficient (Wildman–Crippen LogP) is 5.48. The summed E-state index contributed by atoms with van der Waals surface area (Å²) in [6, 6.07) is 10.7. The van der Waals surface area contributed by atoms with E-state index >= 15 is 0 Å². The molecule has 3 rings (SSSR count). The van der Waals surface area contributed by atoms with Crippen molar-refractivity contribution < 1.29 is 36.3 Å². The van der Waals surface area contributed by atoms with Gasteiger partial charge in [-0.15, -0.1) is 0 Å². The van der Waals surface area contributed by atoms with E-state index < -0.39 is 23.3 Å². The van der Waals surface area contributed by atoms with Crippen LogP contribution in [-0.2, 0) is 29.6 Å². The number of carbonyl (C=O) groups is 1. The van der Waals surface area contributed by atoms with E-state index in [1.807, 2.05) is 13.8 Å². The minimum atomic E-state index is -3.34. The molecule has 0 unspecified atom stereocenters. The Morgan fingerprint density at radius 2 is 1.59 bits per heavy atom. The van der Waals surface area contributed by atoms with Gasteiger partial charge in [-0.3, -0.25) is 14.3 Å². The maximum atomic E-state index is 13.1. The zero-order valence-corrected chi connectivity index (χ0v) is 24.1. The Kier molecular flexibility index (Phi) is 10.2.